The number of aryl methyl sites for hydroxylation is 2. The summed E-state index contributed by atoms with van der Waals surface area (Å²) >= 11 is 0. The van der Waals surface area contributed by atoms with E-state index in [2.05, 4.69) is 5.32 Å². The number of sulfonamides is 1. The first kappa shape index (κ1) is 28.4. The van der Waals surface area contributed by atoms with Gasteiger partial charge in [-0.2, -0.15) is 0 Å². The topological polar surface area (TPSA) is 86.8 Å². The Labute approximate surface area is 210 Å². The lowest BCUT2D eigenvalue weighted by molar-refractivity contribution is -0.140. The molecule has 0 radical (unpaired) electrons. The van der Waals surface area contributed by atoms with E-state index in [0.717, 1.165) is 40.1 Å². The van der Waals surface area contributed by atoms with Gasteiger partial charge in [0.2, 0.25) is 21.8 Å². The Hall–Kier alpha value is -2.87. The van der Waals surface area contributed by atoms with Crippen LogP contribution in [0, 0.1) is 6.92 Å². The maximum absolute atomic E-state index is 13.7. The van der Waals surface area contributed by atoms with Crippen LogP contribution in [0.4, 0.5) is 5.69 Å². The van der Waals surface area contributed by atoms with Gasteiger partial charge in [-0.3, -0.25) is 13.9 Å². The lowest BCUT2D eigenvalue weighted by Crippen LogP contribution is -2.52. The molecule has 2 rings (SSSR count). The minimum atomic E-state index is -3.74. The fourth-order valence-electron chi connectivity index (χ4n) is 3.96. The molecule has 0 aromatic heterocycles. The summed E-state index contributed by atoms with van der Waals surface area (Å²) in [4.78, 5) is 28.3. The number of anilines is 1. The van der Waals surface area contributed by atoms with Crippen LogP contribution in [0.25, 0.3) is 0 Å². The molecule has 0 saturated heterocycles. The molecule has 1 atom stereocenters. The van der Waals surface area contributed by atoms with Crippen molar-refractivity contribution in [2.75, 3.05) is 23.7 Å². The quantitative estimate of drug-likeness (QED) is 0.420. The number of unbranched alkanes of at least 4 members (excludes halogenated alkanes) is 1. The highest BCUT2D eigenvalue weighted by Gasteiger charge is 2.32. The Kier molecular flexibility index (Phi) is 10.8. The molecule has 0 saturated carbocycles. The first-order valence-electron chi connectivity index (χ1n) is 12.3. The number of nitrogens with zero attached hydrogens (tertiary/aromatic N) is 2. The van der Waals surface area contributed by atoms with Crippen molar-refractivity contribution < 1.29 is 18.0 Å². The molecule has 0 spiro atoms. The smallest absolute Gasteiger partial charge is 0.244 e. The van der Waals surface area contributed by atoms with Gasteiger partial charge in [0, 0.05) is 13.1 Å². The molecular formula is C27H39N3O4S. The first-order chi connectivity index (χ1) is 16.6. The maximum atomic E-state index is 13.7. The second kappa shape index (κ2) is 13.3. The van der Waals surface area contributed by atoms with Crippen molar-refractivity contribution >= 4 is 27.5 Å². The van der Waals surface area contributed by atoms with E-state index in [-0.39, 0.29) is 19.0 Å². The molecule has 2 aromatic rings. The van der Waals surface area contributed by atoms with Crippen molar-refractivity contribution in [3.63, 3.8) is 0 Å². The van der Waals surface area contributed by atoms with Crippen LogP contribution in [-0.2, 0) is 32.6 Å². The Morgan fingerprint density at radius 3 is 2.23 bits per heavy atom. The summed E-state index contributed by atoms with van der Waals surface area (Å²) < 4.78 is 26.7. The number of carbonyl (C=O) groups is 2. The molecule has 0 aliphatic heterocycles. The van der Waals surface area contributed by atoms with Crippen LogP contribution >= 0.6 is 0 Å². The molecule has 0 aliphatic rings. The number of rotatable bonds is 13. The zero-order valence-corrected chi connectivity index (χ0v) is 22.4. The Morgan fingerprint density at radius 1 is 1.00 bits per heavy atom. The van der Waals surface area contributed by atoms with E-state index in [4.69, 9.17) is 0 Å². The summed E-state index contributed by atoms with van der Waals surface area (Å²) in [6.45, 7) is 8.21. The summed E-state index contributed by atoms with van der Waals surface area (Å²) in [5.41, 5.74) is 3.29. The number of carbonyl (C=O) groups excluding carboxylic acids is 2. The molecule has 7 nitrogen and oxygen atoms in total. The highest BCUT2D eigenvalue weighted by atomic mass is 32.2. The van der Waals surface area contributed by atoms with Crippen LogP contribution < -0.4 is 9.62 Å². The van der Waals surface area contributed by atoms with Gasteiger partial charge in [-0.25, -0.2) is 8.42 Å². The van der Waals surface area contributed by atoms with Gasteiger partial charge >= 0.3 is 0 Å². The summed E-state index contributed by atoms with van der Waals surface area (Å²) in [6, 6.07) is 14.3. The Balaban J connectivity index is 2.43. The van der Waals surface area contributed by atoms with E-state index in [0.29, 0.717) is 25.1 Å². The minimum absolute atomic E-state index is 0.214. The standard InChI is InChI=1S/C27H39N3O4S/c1-6-9-18-28-27(32)24(8-3)29(19-22-16-14-21(4)15-17-22)26(31)20-30(35(5,33)34)25-13-11-10-12-23(25)7-2/h10-17,24H,6-9,18-20H2,1-5H3,(H,28,32)/t24-/m0/s1. The van der Waals surface area contributed by atoms with Gasteiger partial charge in [0.05, 0.1) is 11.9 Å². The zero-order chi connectivity index (χ0) is 26.0. The molecule has 35 heavy (non-hydrogen) atoms. The van der Waals surface area contributed by atoms with Crippen molar-refractivity contribution in [1.82, 2.24) is 10.2 Å². The van der Waals surface area contributed by atoms with E-state index in [1.807, 2.05) is 64.1 Å². The molecule has 0 unspecified atom stereocenters. The van der Waals surface area contributed by atoms with Crippen LogP contribution in [0.2, 0.25) is 0 Å². The predicted octanol–water partition coefficient (Wildman–Crippen LogP) is 4.05. The Morgan fingerprint density at radius 2 is 1.66 bits per heavy atom. The number of amides is 2. The SMILES string of the molecule is CCCCNC(=O)[C@H](CC)N(Cc1ccc(C)cc1)C(=O)CN(c1ccccc1CC)S(C)(=O)=O. The largest absolute Gasteiger partial charge is 0.354 e. The van der Waals surface area contributed by atoms with Crippen molar-refractivity contribution in [1.29, 1.82) is 0 Å². The maximum Gasteiger partial charge on any atom is 0.244 e. The highest BCUT2D eigenvalue weighted by molar-refractivity contribution is 7.92. The zero-order valence-electron chi connectivity index (χ0n) is 21.6. The lowest BCUT2D eigenvalue weighted by atomic mass is 10.1. The molecule has 0 aliphatic carbocycles. The van der Waals surface area contributed by atoms with Crippen molar-refractivity contribution in [3.8, 4) is 0 Å². The van der Waals surface area contributed by atoms with Crippen molar-refractivity contribution in [2.24, 2.45) is 0 Å². The average Bonchev–Trinajstić information content (AvgIpc) is 2.83. The van der Waals surface area contributed by atoms with Crippen LogP contribution in [-0.4, -0.2) is 50.5 Å². The number of para-hydroxylation sites is 1. The van der Waals surface area contributed by atoms with Gasteiger partial charge in [0.1, 0.15) is 12.6 Å². The third-order valence-corrected chi connectivity index (χ3v) is 7.14. The predicted molar refractivity (Wildman–Crippen MR) is 142 cm³/mol. The third kappa shape index (κ3) is 8.09. The summed E-state index contributed by atoms with van der Waals surface area (Å²) in [5.74, 6) is -0.638. The molecular weight excluding hydrogens is 462 g/mol. The van der Waals surface area contributed by atoms with E-state index >= 15 is 0 Å². The third-order valence-electron chi connectivity index (χ3n) is 6.01. The molecule has 8 heteroatoms. The molecule has 2 aromatic carbocycles. The first-order valence-corrected chi connectivity index (χ1v) is 14.1. The van der Waals surface area contributed by atoms with E-state index in [9.17, 15) is 18.0 Å². The van der Waals surface area contributed by atoms with Crippen LogP contribution in [0.3, 0.4) is 0 Å². The van der Waals surface area contributed by atoms with Crippen LogP contribution in [0.5, 0.6) is 0 Å². The molecule has 2 amide bonds. The van der Waals surface area contributed by atoms with Gasteiger partial charge in [-0.05, 0) is 43.4 Å². The number of hydrogen-bond donors (Lipinski definition) is 1. The Bertz CT molecular complexity index is 1080. The lowest BCUT2D eigenvalue weighted by Gasteiger charge is -2.33. The molecule has 0 fully saturated rings. The van der Waals surface area contributed by atoms with E-state index in [1.165, 1.54) is 4.90 Å². The number of hydrogen-bond acceptors (Lipinski definition) is 4. The van der Waals surface area contributed by atoms with Gasteiger partial charge in [0.15, 0.2) is 0 Å². The van der Waals surface area contributed by atoms with Gasteiger partial charge in [-0.1, -0.05) is 75.2 Å². The summed E-state index contributed by atoms with van der Waals surface area (Å²) in [5, 5.41) is 2.93. The van der Waals surface area contributed by atoms with Crippen molar-refractivity contribution in [2.45, 2.75) is 66.0 Å². The fraction of sp³-hybridized carbons (Fsp3) is 0.481. The monoisotopic (exact) mass is 501 g/mol. The second-order valence-electron chi connectivity index (χ2n) is 8.83. The fourth-order valence-corrected chi connectivity index (χ4v) is 4.84. The molecule has 0 heterocycles. The minimum Gasteiger partial charge on any atom is -0.354 e. The van der Waals surface area contributed by atoms with E-state index < -0.39 is 22.0 Å². The second-order valence-corrected chi connectivity index (χ2v) is 10.7. The van der Waals surface area contributed by atoms with Gasteiger partial charge < -0.3 is 10.2 Å². The van der Waals surface area contributed by atoms with E-state index in [1.54, 1.807) is 12.1 Å². The molecule has 192 valence electrons. The highest BCUT2D eigenvalue weighted by Crippen LogP contribution is 2.24. The number of nitrogens with one attached hydrogen (secondary N) is 1. The van der Waals surface area contributed by atoms with Gasteiger partial charge in [0.25, 0.3) is 0 Å². The van der Waals surface area contributed by atoms with Gasteiger partial charge in [-0.15, -0.1) is 0 Å². The van der Waals surface area contributed by atoms with Crippen molar-refractivity contribution in [3.05, 3.63) is 65.2 Å². The normalized spacial score (nSPS) is 12.1. The average molecular weight is 502 g/mol. The summed E-state index contributed by atoms with van der Waals surface area (Å²) in [6.07, 6.45) is 3.94. The summed E-state index contributed by atoms with van der Waals surface area (Å²) in [7, 11) is -3.74. The molecule has 1 N–H and O–H groups in total. The van der Waals surface area contributed by atoms with Crippen LogP contribution in [0.1, 0.15) is 56.7 Å². The number of benzene rings is 2. The van der Waals surface area contributed by atoms with Crippen LogP contribution in [0.15, 0.2) is 48.5 Å². The molecule has 0 bridgehead atoms.